The highest BCUT2D eigenvalue weighted by atomic mass is 35.5. The van der Waals surface area contributed by atoms with Crippen molar-refractivity contribution < 1.29 is 10.2 Å². The molecule has 42 heavy (non-hydrogen) atoms. The first-order chi connectivity index (χ1) is 20.4. The Morgan fingerprint density at radius 2 is 1.79 bits per heavy atom. The number of aromatic hydroxyl groups is 1. The van der Waals surface area contributed by atoms with Crippen molar-refractivity contribution in [3.05, 3.63) is 82.1 Å². The number of imidazole rings is 1. The van der Waals surface area contributed by atoms with Crippen LogP contribution in [0.2, 0.25) is 5.02 Å². The number of benzene rings is 1. The van der Waals surface area contributed by atoms with E-state index in [1.165, 1.54) is 60.9 Å². The van der Waals surface area contributed by atoms with E-state index < -0.39 is 17.7 Å². The molecule has 3 N–H and O–H groups in total. The summed E-state index contributed by atoms with van der Waals surface area (Å²) in [6.07, 6.45) is 13.4. The highest BCUT2D eigenvalue weighted by Gasteiger charge is 2.37. The number of hydrogen-bond donors (Lipinski definition) is 3. The number of hydrogen-bond acceptors (Lipinski definition) is 9. The van der Waals surface area contributed by atoms with E-state index in [0.29, 0.717) is 21.0 Å². The molecule has 5 heterocycles. The molecule has 7 rings (SSSR count). The second-order valence-electron chi connectivity index (χ2n) is 11.1. The Bertz CT molecular complexity index is 1840. The topological polar surface area (TPSA) is 120 Å². The van der Waals surface area contributed by atoms with Crippen LogP contribution in [0.1, 0.15) is 50.3 Å². The summed E-state index contributed by atoms with van der Waals surface area (Å²) in [5, 5.41) is 24.5. The third-order valence-corrected chi connectivity index (χ3v) is 10.2. The molecule has 12 heteroatoms. The predicted octanol–water partition coefficient (Wildman–Crippen LogP) is 5.51. The number of nitrogens with zero attached hydrogens (tertiary/aromatic N) is 6. The van der Waals surface area contributed by atoms with Crippen LogP contribution < -0.4 is 15.8 Å². The molecule has 1 aromatic carbocycles. The molecule has 1 atom stereocenters. The number of aliphatic hydroxyl groups is 1. The largest absolute Gasteiger partial charge is 0.493 e. The van der Waals surface area contributed by atoms with Crippen LogP contribution in [0.5, 0.6) is 5.88 Å². The summed E-state index contributed by atoms with van der Waals surface area (Å²) in [5.41, 5.74) is 1.13. The number of aliphatic hydroxyl groups excluding tert-OH is 1. The van der Waals surface area contributed by atoms with Gasteiger partial charge in [0.2, 0.25) is 11.8 Å². The Labute approximate surface area is 251 Å². The average molecular weight is 604 g/mol. The molecule has 10 nitrogen and oxygen atoms in total. The standard InChI is InChI=1S/C30H30ClN7O3S/c31-24-19(34-26(39)23-27(40)35-22-8-1-4-14-37(22)28(23)41)6-5-7-20(24)42-21-18-33-29(38-17-13-32-25(21)38)36-15-11-30(12-16-36)9-2-3-10-30/h1,4-8,13-14,17-18,26,34,39-40H,2-3,9-12,15-16H2. The summed E-state index contributed by atoms with van der Waals surface area (Å²) in [4.78, 5) is 30.4. The van der Waals surface area contributed by atoms with E-state index in [4.69, 9.17) is 16.6 Å². The van der Waals surface area contributed by atoms with E-state index in [0.717, 1.165) is 29.6 Å². The fraction of sp³-hybridized carbons (Fsp3) is 0.333. The molecule has 1 saturated heterocycles. The second kappa shape index (κ2) is 10.8. The van der Waals surface area contributed by atoms with Crippen LogP contribution in [0, 0.1) is 5.41 Å². The quantitative estimate of drug-likeness (QED) is 0.216. The number of pyridine rings is 1. The van der Waals surface area contributed by atoms with E-state index in [1.54, 1.807) is 36.5 Å². The zero-order valence-electron chi connectivity index (χ0n) is 22.8. The zero-order valence-corrected chi connectivity index (χ0v) is 24.4. The molecule has 1 spiro atoms. The third kappa shape index (κ3) is 4.75. The first-order valence-electron chi connectivity index (χ1n) is 14.1. The molecular formula is C30H30ClN7O3S. The molecule has 216 valence electrons. The molecule has 1 saturated carbocycles. The summed E-state index contributed by atoms with van der Waals surface area (Å²) >= 11 is 8.21. The van der Waals surface area contributed by atoms with Gasteiger partial charge in [0.15, 0.2) is 11.9 Å². The Balaban J connectivity index is 1.13. The summed E-state index contributed by atoms with van der Waals surface area (Å²) in [6.45, 7) is 2.00. The van der Waals surface area contributed by atoms with Gasteiger partial charge in [-0.05, 0) is 55.4 Å². The maximum Gasteiger partial charge on any atom is 0.269 e. The molecule has 5 aromatic rings. The monoisotopic (exact) mass is 603 g/mol. The molecule has 0 bridgehead atoms. The van der Waals surface area contributed by atoms with Gasteiger partial charge in [0.25, 0.3) is 5.56 Å². The normalized spacial score (nSPS) is 17.3. The Morgan fingerprint density at radius 3 is 2.60 bits per heavy atom. The van der Waals surface area contributed by atoms with Gasteiger partial charge < -0.3 is 20.4 Å². The lowest BCUT2D eigenvalue weighted by molar-refractivity contribution is 0.200. The highest BCUT2D eigenvalue weighted by molar-refractivity contribution is 7.99. The van der Waals surface area contributed by atoms with Gasteiger partial charge in [0.1, 0.15) is 11.2 Å². The molecule has 2 aliphatic rings. The van der Waals surface area contributed by atoms with Crippen LogP contribution in [0.25, 0.3) is 11.3 Å². The van der Waals surface area contributed by atoms with Gasteiger partial charge >= 0.3 is 0 Å². The van der Waals surface area contributed by atoms with Crippen LogP contribution >= 0.6 is 23.4 Å². The number of nitrogens with one attached hydrogen (secondary N) is 1. The van der Waals surface area contributed by atoms with E-state index in [2.05, 4.69) is 20.2 Å². The fourth-order valence-corrected chi connectivity index (χ4v) is 7.59. The van der Waals surface area contributed by atoms with Crippen molar-refractivity contribution in [1.82, 2.24) is 23.8 Å². The van der Waals surface area contributed by atoms with E-state index in [-0.39, 0.29) is 11.2 Å². The number of rotatable bonds is 6. The molecule has 0 radical (unpaired) electrons. The van der Waals surface area contributed by atoms with Gasteiger partial charge in [-0.25, -0.2) is 9.97 Å². The van der Waals surface area contributed by atoms with Crippen LogP contribution in [0.3, 0.4) is 0 Å². The maximum absolute atomic E-state index is 13.0. The van der Waals surface area contributed by atoms with Crippen LogP contribution in [-0.2, 0) is 0 Å². The van der Waals surface area contributed by atoms with Gasteiger partial charge in [-0.1, -0.05) is 48.3 Å². The molecule has 1 unspecified atom stereocenters. The number of piperidine rings is 1. The minimum atomic E-state index is -1.55. The van der Waals surface area contributed by atoms with Gasteiger partial charge in [0, 0.05) is 42.8 Å². The summed E-state index contributed by atoms with van der Waals surface area (Å²) in [5.74, 6) is 0.354. The Kier molecular flexibility index (Phi) is 6.95. The molecule has 2 fully saturated rings. The maximum atomic E-state index is 13.0. The van der Waals surface area contributed by atoms with Crippen molar-refractivity contribution in [3.8, 4) is 5.88 Å². The fourth-order valence-electron chi connectivity index (χ4n) is 6.36. The minimum absolute atomic E-state index is 0.273. The number of aromatic nitrogens is 5. The number of anilines is 2. The van der Waals surface area contributed by atoms with Crippen molar-refractivity contribution in [3.63, 3.8) is 0 Å². The van der Waals surface area contributed by atoms with Gasteiger partial charge in [-0.3, -0.25) is 13.6 Å². The van der Waals surface area contributed by atoms with Crippen LogP contribution in [0.15, 0.2) is 75.8 Å². The lowest BCUT2D eigenvalue weighted by Crippen LogP contribution is -2.40. The Hall–Kier alpha value is -3.80. The molecule has 1 aliphatic carbocycles. The van der Waals surface area contributed by atoms with Gasteiger partial charge in [-0.15, -0.1) is 0 Å². The third-order valence-electron chi connectivity index (χ3n) is 8.64. The highest BCUT2D eigenvalue weighted by Crippen LogP contribution is 2.47. The number of fused-ring (bicyclic) bond motifs is 2. The molecule has 0 amide bonds. The minimum Gasteiger partial charge on any atom is -0.493 e. The van der Waals surface area contributed by atoms with Crippen molar-refractivity contribution >= 4 is 46.3 Å². The zero-order chi connectivity index (χ0) is 28.8. The lowest BCUT2D eigenvalue weighted by atomic mass is 9.77. The summed E-state index contributed by atoms with van der Waals surface area (Å²) in [6, 6.07) is 10.3. The predicted molar refractivity (Wildman–Crippen MR) is 163 cm³/mol. The van der Waals surface area contributed by atoms with Crippen molar-refractivity contribution in [1.29, 1.82) is 0 Å². The van der Waals surface area contributed by atoms with Crippen LogP contribution in [-0.4, -0.2) is 47.1 Å². The summed E-state index contributed by atoms with van der Waals surface area (Å²) in [7, 11) is 0. The van der Waals surface area contributed by atoms with Crippen molar-refractivity contribution in [2.75, 3.05) is 23.3 Å². The smallest absolute Gasteiger partial charge is 0.269 e. The van der Waals surface area contributed by atoms with E-state index in [1.807, 2.05) is 22.9 Å². The molecule has 1 aliphatic heterocycles. The second-order valence-corrected chi connectivity index (χ2v) is 12.5. The molecular weight excluding hydrogens is 574 g/mol. The number of halogens is 1. The average Bonchev–Trinajstić information content (AvgIpc) is 3.67. The van der Waals surface area contributed by atoms with Gasteiger partial charge in [0.05, 0.1) is 15.6 Å². The van der Waals surface area contributed by atoms with Gasteiger partial charge in [-0.2, -0.15) is 4.98 Å². The SMILES string of the molecule is O=c1c(C(O)Nc2cccc(Sc3cnc(N4CCC5(CCCC5)CC4)n4ccnc34)c2Cl)c(O)nc2ccccn12. The first kappa shape index (κ1) is 27.1. The van der Waals surface area contributed by atoms with Crippen molar-refractivity contribution in [2.45, 2.75) is 54.5 Å². The van der Waals surface area contributed by atoms with Crippen molar-refractivity contribution in [2.24, 2.45) is 5.41 Å². The van der Waals surface area contributed by atoms with E-state index >= 15 is 0 Å². The Morgan fingerprint density at radius 1 is 0.976 bits per heavy atom. The summed E-state index contributed by atoms with van der Waals surface area (Å²) < 4.78 is 3.30. The van der Waals surface area contributed by atoms with E-state index in [9.17, 15) is 15.0 Å². The first-order valence-corrected chi connectivity index (χ1v) is 15.3. The molecule has 4 aromatic heterocycles. The van der Waals surface area contributed by atoms with Crippen LogP contribution in [0.4, 0.5) is 11.6 Å². The lowest BCUT2D eigenvalue weighted by Gasteiger charge is -2.39.